The maximum Gasteiger partial charge on any atom is 0.408 e. The third-order valence-corrected chi connectivity index (χ3v) is 3.28. The second-order valence-corrected chi connectivity index (χ2v) is 6.94. The molecular formula is C18H28N2O3. The number of amides is 2. The van der Waals surface area contributed by atoms with Crippen molar-refractivity contribution in [1.29, 1.82) is 0 Å². The summed E-state index contributed by atoms with van der Waals surface area (Å²) >= 11 is 0. The van der Waals surface area contributed by atoms with Gasteiger partial charge >= 0.3 is 6.09 Å². The molecule has 1 rings (SSSR count). The Bertz CT molecular complexity index is 547. The van der Waals surface area contributed by atoms with Crippen molar-refractivity contribution in [2.45, 2.75) is 52.2 Å². The Hall–Kier alpha value is -2.04. The van der Waals surface area contributed by atoms with Crippen LogP contribution in [0.1, 0.15) is 50.8 Å². The average molecular weight is 320 g/mol. The maximum atomic E-state index is 12.1. The zero-order valence-corrected chi connectivity index (χ0v) is 15.0. The molecular weight excluding hydrogens is 292 g/mol. The molecule has 1 atom stereocenters. The third kappa shape index (κ3) is 7.17. The summed E-state index contributed by atoms with van der Waals surface area (Å²) in [4.78, 5) is 25.5. The first kappa shape index (κ1) is 19.0. The van der Waals surface area contributed by atoms with Gasteiger partial charge in [-0.05, 0) is 39.7 Å². The number of hydrogen-bond donors (Lipinski definition) is 1. The van der Waals surface area contributed by atoms with Crippen LogP contribution in [0.2, 0.25) is 0 Å². The summed E-state index contributed by atoms with van der Waals surface area (Å²) in [5, 5.41) is 2.88. The standard InChI is InChI=1S/C18H28N2O3/c1-13-8-7-9-14(12-13)15(10-11-16(21)20(5)6)19-17(22)23-18(2,3)4/h7-9,12,15H,10-11H2,1-6H3,(H,19,22). The quantitative estimate of drug-likeness (QED) is 0.904. The minimum absolute atomic E-state index is 0.0358. The molecule has 5 heteroatoms. The summed E-state index contributed by atoms with van der Waals surface area (Å²) < 4.78 is 5.33. The molecule has 0 radical (unpaired) electrons. The molecule has 0 saturated carbocycles. The van der Waals surface area contributed by atoms with E-state index in [1.165, 1.54) is 0 Å². The van der Waals surface area contributed by atoms with Crippen LogP contribution >= 0.6 is 0 Å². The molecule has 0 saturated heterocycles. The lowest BCUT2D eigenvalue weighted by Crippen LogP contribution is -2.35. The third-order valence-electron chi connectivity index (χ3n) is 3.28. The molecule has 0 heterocycles. The van der Waals surface area contributed by atoms with Gasteiger partial charge in [-0.25, -0.2) is 4.79 Å². The van der Waals surface area contributed by atoms with Gasteiger partial charge in [0.2, 0.25) is 5.91 Å². The fraction of sp³-hybridized carbons (Fsp3) is 0.556. The molecule has 1 aromatic rings. The van der Waals surface area contributed by atoms with E-state index in [2.05, 4.69) is 5.32 Å². The zero-order chi connectivity index (χ0) is 17.6. The number of ether oxygens (including phenoxy) is 1. The van der Waals surface area contributed by atoms with Crippen LogP contribution in [0.3, 0.4) is 0 Å². The summed E-state index contributed by atoms with van der Waals surface area (Å²) in [6.07, 6.45) is 0.419. The summed E-state index contributed by atoms with van der Waals surface area (Å²) in [5.74, 6) is 0.0358. The molecule has 0 spiro atoms. The summed E-state index contributed by atoms with van der Waals surface area (Å²) in [5.41, 5.74) is 1.53. The van der Waals surface area contributed by atoms with Crippen molar-refractivity contribution in [2.24, 2.45) is 0 Å². The van der Waals surface area contributed by atoms with Gasteiger partial charge in [-0.15, -0.1) is 0 Å². The minimum atomic E-state index is -0.555. The first-order chi connectivity index (χ1) is 10.6. The Morgan fingerprint density at radius 1 is 1.26 bits per heavy atom. The van der Waals surface area contributed by atoms with Gasteiger partial charge in [0.15, 0.2) is 0 Å². The van der Waals surface area contributed by atoms with Gasteiger partial charge in [0, 0.05) is 20.5 Å². The van der Waals surface area contributed by atoms with Crippen molar-refractivity contribution < 1.29 is 14.3 Å². The molecule has 5 nitrogen and oxygen atoms in total. The number of carbonyl (C=O) groups excluding carboxylic acids is 2. The Balaban J connectivity index is 2.84. The molecule has 0 bridgehead atoms. The highest BCUT2D eigenvalue weighted by Crippen LogP contribution is 2.21. The fourth-order valence-corrected chi connectivity index (χ4v) is 2.15. The van der Waals surface area contributed by atoms with Gasteiger partial charge in [-0.2, -0.15) is 0 Å². The Morgan fingerprint density at radius 2 is 1.91 bits per heavy atom. The van der Waals surface area contributed by atoms with Crippen molar-refractivity contribution in [3.05, 3.63) is 35.4 Å². The second kappa shape index (κ2) is 7.99. The molecule has 1 unspecified atom stereocenters. The van der Waals surface area contributed by atoms with Crippen molar-refractivity contribution in [3.8, 4) is 0 Å². The van der Waals surface area contributed by atoms with Crippen molar-refractivity contribution in [3.63, 3.8) is 0 Å². The molecule has 0 fully saturated rings. The Labute approximate surface area is 139 Å². The highest BCUT2D eigenvalue weighted by molar-refractivity contribution is 5.75. The summed E-state index contributed by atoms with van der Waals surface area (Å²) in [6.45, 7) is 7.47. The first-order valence-electron chi connectivity index (χ1n) is 7.85. The lowest BCUT2D eigenvalue weighted by atomic mass is 10.00. The number of nitrogens with one attached hydrogen (secondary N) is 1. The van der Waals surface area contributed by atoms with Gasteiger partial charge in [0.1, 0.15) is 5.60 Å². The molecule has 0 aliphatic rings. The molecule has 23 heavy (non-hydrogen) atoms. The van der Waals surface area contributed by atoms with Gasteiger partial charge < -0.3 is 15.0 Å². The number of nitrogens with zero attached hydrogens (tertiary/aromatic N) is 1. The van der Waals surface area contributed by atoms with Crippen LogP contribution in [0.15, 0.2) is 24.3 Å². The summed E-state index contributed by atoms with van der Waals surface area (Å²) in [6, 6.07) is 7.66. The van der Waals surface area contributed by atoms with Gasteiger partial charge in [-0.3, -0.25) is 4.79 Å². The van der Waals surface area contributed by atoms with Crippen LogP contribution < -0.4 is 5.32 Å². The van der Waals surface area contributed by atoms with Crippen molar-refractivity contribution in [2.75, 3.05) is 14.1 Å². The normalized spacial score (nSPS) is 12.4. The number of rotatable bonds is 5. The number of alkyl carbamates (subject to hydrolysis) is 1. The second-order valence-electron chi connectivity index (χ2n) is 6.94. The van der Waals surface area contributed by atoms with Gasteiger partial charge in [-0.1, -0.05) is 29.8 Å². The predicted molar refractivity (Wildman–Crippen MR) is 91.2 cm³/mol. The Kier molecular flexibility index (Phi) is 6.61. The molecule has 2 amide bonds. The van der Waals surface area contributed by atoms with Crippen LogP contribution in [0.5, 0.6) is 0 Å². The minimum Gasteiger partial charge on any atom is -0.444 e. The highest BCUT2D eigenvalue weighted by atomic mass is 16.6. The van der Waals surface area contributed by atoms with Crippen LogP contribution in [0.25, 0.3) is 0 Å². The maximum absolute atomic E-state index is 12.1. The van der Waals surface area contributed by atoms with E-state index in [1.807, 2.05) is 52.0 Å². The average Bonchev–Trinajstić information content (AvgIpc) is 2.40. The largest absolute Gasteiger partial charge is 0.444 e. The molecule has 0 aliphatic heterocycles. The smallest absolute Gasteiger partial charge is 0.408 e. The topological polar surface area (TPSA) is 58.6 Å². The van der Waals surface area contributed by atoms with E-state index in [1.54, 1.807) is 19.0 Å². The lowest BCUT2D eigenvalue weighted by molar-refractivity contribution is -0.128. The lowest BCUT2D eigenvalue weighted by Gasteiger charge is -2.24. The van der Waals surface area contributed by atoms with E-state index < -0.39 is 11.7 Å². The zero-order valence-electron chi connectivity index (χ0n) is 15.0. The van der Waals surface area contributed by atoms with Crippen LogP contribution in [-0.4, -0.2) is 36.6 Å². The number of aryl methyl sites for hydroxylation is 1. The van der Waals surface area contributed by atoms with Crippen molar-refractivity contribution >= 4 is 12.0 Å². The SMILES string of the molecule is Cc1cccc(C(CCC(=O)N(C)C)NC(=O)OC(C)(C)C)c1. The van der Waals surface area contributed by atoms with Crippen LogP contribution in [-0.2, 0) is 9.53 Å². The Morgan fingerprint density at radius 3 is 2.43 bits per heavy atom. The molecule has 0 aromatic heterocycles. The van der Waals surface area contributed by atoms with E-state index in [0.717, 1.165) is 11.1 Å². The molecule has 0 aliphatic carbocycles. The number of benzene rings is 1. The first-order valence-corrected chi connectivity index (χ1v) is 7.85. The summed E-state index contributed by atoms with van der Waals surface area (Å²) in [7, 11) is 3.45. The highest BCUT2D eigenvalue weighted by Gasteiger charge is 2.21. The van der Waals surface area contributed by atoms with E-state index in [0.29, 0.717) is 12.8 Å². The van der Waals surface area contributed by atoms with Crippen LogP contribution in [0.4, 0.5) is 4.79 Å². The monoisotopic (exact) mass is 320 g/mol. The van der Waals surface area contributed by atoms with E-state index in [4.69, 9.17) is 4.74 Å². The molecule has 1 aromatic carbocycles. The number of carbonyl (C=O) groups is 2. The van der Waals surface area contributed by atoms with Gasteiger partial charge in [0.25, 0.3) is 0 Å². The number of hydrogen-bond acceptors (Lipinski definition) is 3. The van der Waals surface area contributed by atoms with E-state index >= 15 is 0 Å². The molecule has 128 valence electrons. The van der Waals surface area contributed by atoms with Crippen molar-refractivity contribution in [1.82, 2.24) is 10.2 Å². The van der Waals surface area contributed by atoms with E-state index in [9.17, 15) is 9.59 Å². The van der Waals surface area contributed by atoms with E-state index in [-0.39, 0.29) is 11.9 Å². The molecule has 1 N–H and O–H groups in total. The van der Waals surface area contributed by atoms with Crippen LogP contribution in [0, 0.1) is 6.92 Å². The fourth-order valence-electron chi connectivity index (χ4n) is 2.15. The van der Waals surface area contributed by atoms with Gasteiger partial charge in [0.05, 0.1) is 6.04 Å². The predicted octanol–water partition coefficient (Wildman–Crippen LogP) is 3.43.